The van der Waals surface area contributed by atoms with Gasteiger partial charge < -0.3 is 5.32 Å². The second-order valence-electron chi connectivity index (χ2n) is 3.62. The van der Waals surface area contributed by atoms with Crippen LogP contribution in [0.4, 0.5) is 0 Å². The highest BCUT2D eigenvalue weighted by atomic mass is 32.1. The summed E-state index contributed by atoms with van der Waals surface area (Å²) in [5, 5.41) is 7.59. The highest BCUT2D eigenvalue weighted by Crippen LogP contribution is 2.10. The van der Waals surface area contributed by atoms with Crippen LogP contribution in [0.1, 0.15) is 16.4 Å². The standard InChI is InChI=1S/C10H15N5S/c1-8-9(16-7-13-8)5-11-4-3-10-12-6-15(2)14-10/h6-7,11H,3-5H2,1-2H3. The number of nitrogens with one attached hydrogen (secondary N) is 1. The molecule has 0 saturated carbocycles. The highest BCUT2D eigenvalue weighted by Gasteiger charge is 2.01. The molecule has 6 heteroatoms. The lowest BCUT2D eigenvalue weighted by molar-refractivity contribution is 0.663. The van der Waals surface area contributed by atoms with Gasteiger partial charge in [-0.1, -0.05) is 0 Å². The first-order valence-electron chi connectivity index (χ1n) is 5.20. The summed E-state index contributed by atoms with van der Waals surface area (Å²) in [6.45, 7) is 3.80. The zero-order chi connectivity index (χ0) is 11.4. The molecule has 0 aliphatic heterocycles. The van der Waals surface area contributed by atoms with Crippen LogP contribution >= 0.6 is 11.3 Å². The predicted octanol–water partition coefficient (Wildman–Crippen LogP) is 0.912. The SMILES string of the molecule is Cc1ncsc1CNCCc1ncn(C)n1. The lowest BCUT2D eigenvalue weighted by atomic mass is 10.3. The van der Waals surface area contributed by atoms with Crippen molar-refractivity contribution in [3.63, 3.8) is 0 Å². The van der Waals surface area contributed by atoms with Gasteiger partial charge in [0, 0.05) is 31.4 Å². The van der Waals surface area contributed by atoms with Gasteiger partial charge in [0.15, 0.2) is 5.82 Å². The van der Waals surface area contributed by atoms with Crippen molar-refractivity contribution in [1.29, 1.82) is 0 Å². The summed E-state index contributed by atoms with van der Waals surface area (Å²) in [6, 6.07) is 0. The van der Waals surface area contributed by atoms with Crippen LogP contribution in [0.15, 0.2) is 11.8 Å². The summed E-state index contributed by atoms with van der Waals surface area (Å²) >= 11 is 1.69. The van der Waals surface area contributed by atoms with E-state index in [1.165, 1.54) is 4.88 Å². The fourth-order valence-corrected chi connectivity index (χ4v) is 2.14. The summed E-state index contributed by atoms with van der Waals surface area (Å²) in [6.07, 6.45) is 2.58. The van der Waals surface area contributed by atoms with Crippen LogP contribution in [0.2, 0.25) is 0 Å². The number of aromatic nitrogens is 4. The zero-order valence-corrected chi connectivity index (χ0v) is 10.3. The molecule has 2 rings (SSSR count). The number of hydrogen-bond donors (Lipinski definition) is 1. The van der Waals surface area contributed by atoms with Crippen molar-refractivity contribution in [3.05, 3.63) is 28.2 Å². The average molecular weight is 237 g/mol. The Kier molecular flexibility index (Phi) is 3.63. The molecule has 0 bridgehead atoms. The Morgan fingerprint density at radius 1 is 1.44 bits per heavy atom. The third kappa shape index (κ3) is 2.86. The van der Waals surface area contributed by atoms with E-state index in [0.717, 1.165) is 31.0 Å². The van der Waals surface area contributed by atoms with Gasteiger partial charge in [-0.25, -0.2) is 9.97 Å². The van der Waals surface area contributed by atoms with Crippen molar-refractivity contribution in [2.24, 2.45) is 7.05 Å². The minimum absolute atomic E-state index is 0.860. The molecular formula is C10H15N5S. The Balaban J connectivity index is 1.71. The molecule has 0 unspecified atom stereocenters. The van der Waals surface area contributed by atoms with Gasteiger partial charge in [0.05, 0.1) is 11.2 Å². The Bertz CT molecular complexity index is 448. The molecule has 0 radical (unpaired) electrons. The van der Waals surface area contributed by atoms with Gasteiger partial charge >= 0.3 is 0 Å². The van der Waals surface area contributed by atoms with Crippen LogP contribution in [0, 0.1) is 6.92 Å². The first-order chi connectivity index (χ1) is 7.75. The summed E-state index contributed by atoms with van der Waals surface area (Å²) < 4.78 is 1.72. The van der Waals surface area contributed by atoms with Crippen molar-refractivity contribution in [2.75, 3.05) is 6.54 Å². The third-order valence-corrected chi connectivity index (χ3v) is 3.24. The maximum absolute atomic E-state index is 4.22. The molecule has 0 saturated heterocycles. The Morgan fingerprint density at radius 3 is 2.94 bits per heavy atom. The average Bonchev–Trinajstić information content (AvgIpc) is 2.83. The number of nitrogens with zero attached hydrogens (tertiary/aromatic N) is 4. The number of hydrogen-bond acceptors (Lipinski definition) is 5. The van der Waals surface area contributed by atoms with Gasteiger partial charge in [-0.2, -0.15) is 5.10 Å². The second kappa shape index (κ2) is 5.18. The van der Waals surface area contributed by atoms with Gasteiger partial charge in [-0.3, -0.25) is 4.68 Å². The van der Waals surface area contributed by atoms with Gasteiger partial charge in [0.25, 0.3) is 0 Å². The molecule has 1 N–H and O–H groups in total. The van der Waals surface area contributed by atoms with E-state index in [2.05, 4.69) is 20.4 Å². The number of rotatable bonds is 5. The van der Waals surface area contributed by atoms with E-state index in [1.807, 2.05) is 19.5 Å². The maximum atomic E-state index is 4.22. The lowest BCUT2D eigenvalue weighted by Crippen LogP contribution is -2.17. The first-order valence-corrected chi connectivity index (χ1v) is 6.08. The summed E-state index contributed by atoms with van der Waals surface area (Å²) in [5.74, 6) is 0.885. The van der Waals surface area contributed by atoms with Gasteiger partial charge in [0.1, 0.15) is 6.33 Å². The van der Waals surface area contributed by atoms with Crippen molar-refractivity contribution < 1.29 is 0 Å². The molecule has 0 fully saturated rings. The van der Waals surface area contributed by atoms with E-state index >= 15 is 0 Å². The normalized spacial score (nSPS) is 10.9. The highest BCUT2D eigenvalue weighted by molar-refractivity contribution is 7.09. The predicted molar refractivity (Wildman–Crippen MR) is 63.3 cm³/mol. The van der Waals surface area contributed by atoms with E-state index in [1.54, 1.807) is 22.3 Å². The van der Waals surface area contributed by atoms with Crippen molar-refractivity contribution in [3.8, 4) is 0 Å². The minimum atomic E-state index is 0.860. The molecule has 2 aromatic heterocycles. The molecule has 2 aromatic rings. The number of thiazole rings is 1. The van der Waals surface area contributed by atoms with Crippen LogP contribution in [0.5, 0.6) is 0 Å². The molecule has 0 aromatic carbocycles. The van der Waals surface area contributed by atoms with Crippen LogP contribution in [0.25, 0.3) is 0 Å². The fraction of sp³-hybridized carbons (Fsp3) is 0.500. The summed E-state index contributed by atoms with van der Waals surface area (Å²) in [5.41, 5.74) is 3.00. The lowest BCUT2D eigenvalue weighted by Gasteiger charge is -2.01. The summed E-state index contributed by atoms with van der Waals surface area (Å²) in [4.78, 5) is 9.68. The number of aryl methyl sites for hydroxylation is 2. The van der Waals surface area contributed by atoms with E-state index in [0.29, 0.717) is 0 Å². The molecule has 0 amide bonds. The molecule has 0 spiro atoms. The van der Waals surface area contributed by atoms with Gasteiger partial charge in [-0.15, -0.1) is 11.3 Å². The molecular weight excluding hydrogens is 222 g/mol. The van der Waals surface area contributed by atoms with E-state index in [4.69, 9.17) is 0 Å². The van der Waals surface area contributed by atoms with Crippen LogP contribution in [-0.4, -0.2) is 26.3 Å². The quantitative estimate of drug-likeness (QED) is 0.785. The Labute approximate surface area is 98.5 Å². The minimum Gasteiger partial charge on any atom is -0.311 e. The molecule has 0 atom stereocenters. The summed E-state index contributed by atoms with van der Waals surface area (Å²) in [7, 11) is 1.88. The molecule has 0 aliphatic rings. The molecule has 0 aliphatic carbocycles. The smallest absolute Gasteiger partial charge is 0.151 e. The van der Waals surface area contributed by atoms with E-state index in [9.17, 15) is 0 Å². The third-order valence-electron chi connectivity index (χ3n) is 2.30. The van der Waals surface area contributed by atoms with Gasteiger partial charge in [0.2, 0.25) is 0 Å². The first kappa shape index (κ1) is 11.2. The zero-order valence-electron chi connectivity index (χ0n) is 9.47. The van der Waals surface area contributed by atoms with E-state index < -0.39 is 0 Å². The topological polar surface area (TPSA) is 55.6 Å². The molecule has 5 nitrogen and oxygen atoms in total. The van der Waals surface area contributed by atoms with Crippen molar-refractivity contribution in [2.45, 2.75) is 19.9 Å². The van der Waals surface area contributed by atoms with Crippen LogP contribution in [-0.2, 0) is 20.0 Å². The molecule has 16 heavy (non-hydrogen) atoms. The fourth-order valence-electron chi connectivity index (χ4n) is 1.40. The molecule has 86 valence electrons. The van der Waals surface area contributed by atoms with Crippen LogP contribution in [0.3, 0.4) is 0 Å². The van der Waals surface area contributed by atoms with Crippen molar-refractivity contribution >= 4 is 11.3 Å². The Hall–Kier alpha value is -1.27. The van der Waals surface area contributed by atoms with Crippen LogP contribution < -0.4 is 5.32 Å². The van der Waals surface area contributed by atoms with E-state index in [-0.39, 0.29) is 0 Å². The Morgan fingerprint density at radius 2 is 2.31 bits per heavy atom. The van der Waals surface area contributed by atoms with Gasteiger partial charge in [-0.05, 0) is 6.92 Å². The second-order valence-corrected chi connectivity index (χ2v) is 4.56. The largest absolute Gasteiger partial charge is 0.311 e. The molecule has 2 heterocycles. The maximum Gasteiger partial charge on any atom is 0.151 e. The monoisotopic (exact) mass is 237 g/mol. The van der Waals surface area contributed by atoms with Crippen molar-refractivity contribution in [1.82, 2.24) is 25.1 Å².